The number of carbonyl (C=O) groups is 1. The predicted molar refractivity (Wildman–Crippen MR) is 121 cm³/mol. The van der Waals surface area contributed by atoms with E-state index in [1.807, 2.05) is 0 Å². The number of alkyl halides is 3. The Morgan fingerprint density at radius 3 is 2.52 bits per heavy atom. The van der Waals surface area contributed by atoms with Crippen molar-refractivity contribution >= 4 is 40.0 Å². The first-order valence-electron chi connectivity index (χ1n) is 9.35. The molecule has 8 nitrogen and oxygen atoms in total. The third kappa shape index (κ3) is 9.30. The number of ether oxygens (including phenoxy) is 2. The van der Waals surface area contributed by atoms with Gasteiger partial charge in [-0.2, -0.15) is 13.2 Å². The summed E-state index contributed by atoms with van der Waals surface area (Å²) in [6.07, 6.45) is -1.65. The number of benzene rings is 1. The maximum absolute atomic E-state index is 13.0. The normalized spacial score (nSPS) is 13.5. The molecule has 0 saturated carbocycles. The molecule has 0 saturated heterocycles. The molecule has 13 heteroatoms. The van der Waals surface area contributed by atoms with Gasteiger partial charge in [0.1, 0.15) is 18.2 Å². The van der Waals surface area contributed by atoms with Crippen LogP contribution in [0.5, 0.6) is 0 Å². The average molecular weight is 508 g/mol. The van der Waals surface area contributed by atoms with Gasteiger partial charge >= 0.3 is 12.1 Å². The molecular weight excluding hydrogens is 483 g/mol. The molecule has 0 atom stereocenters. The number of nitrogens with zero attached hydrogens (tertiary/aromatic N) is 1. The number of halogens is 3. The Balaban J connectivity index is 3.54. The zero-order valence-corrected chi connectivity index (χ0v) is 19.8. The number of rotatable bonds is 10. The number of thiol groups is 1. The van der Waals surface area contributed by atoms with Gasteiger partial charge in [-0.1, -0.05) is 19.1 Å². The molecular formula is C20H24F3N3O5S2. The third-order valence-electron chi connectivity index (χ3n) is 3.84. The Labute approximate surface area is 195 Å². The zero-order chi connectivity index (χ0) is 25.2. The Bertz CT molecular complexity index is 1060. The van der Waals surface area contributed by atoms with Crippen LogP contribution in [-0.4, -0.2) is 58.0 Å². The lowest BCUT2D eigenvalue weighted by atomic mass is 10.2. The van der Waals surface area contributed by atoms with Crippen molar-refractivity contribution in [1.29, 1.82) is 5.41 Å². The number of hydrogen-bond donors (Lipinski definition) is 3. The van der Waals surface area contributed by atoms with Crippen LogP contribution in [0.3, 0.4) is 0 Å². The highest BCUT2D eigenvalue weighted by atomic mass is 32.2. The number of allylic oxidation sites excluding steroid dienone is 2. The van der Waals surface area contributed by atoms with Crippen LogP contribution >= 0.6 is 12.6 Å². The van der Waals surface area contributed by atoms with Crippen molar-refractivity contribution in [3.8, 4) is 0 Å². The fraction of sp³-hybridized carbons (Fsp3) is 0.350. The van der Waals surface area contributed by atoms with E-state index in [9.17, 15) is 26.4 Å². The Kier molecular flexibility index (Phi) is 10.6. The molecule has 0 fully saturated rings. The van der Waals surface area contributed by atoms with Crippen molar-refractivity contribution in [3.63, 3.8) is 0 Å². The summed E-state index contributed by atoms with van der Waals surface area (Å²) in [6.45, 7) is 1.19. The molecule has 0 unspecified atom stereocenters. The molecule has 182 valence electrons. The van der Waals surface area contributed by atoms with Gasteiger partial charge < -0.3 is 14.8 Å². The maximum atomic E-state index is 13.0. The van der Waals surface area contributed by atoms with Crippen LogP contribution in [0.15, 0.2) is 57.7 Å². The molecule has 0 radical (unpaired) electrons. The minimum absolute atomic E-state index is 0.00647. The minimum Gasteiger partial charge on any atom is -0.481 e. The molecule has 0 aliphatic rings. The lowest BCUT2D eigenvalue weighted by molar-refractivity contribution is -0.140. The molecule has 0 aliphatic heterocycles. The molecule has 1 rings (SSSR count). The molecule has 0 aromatic heterocycles. The van der Waals surface area contributed by atoms with Crippen LogP contribution in [0.4, 0.5) is 13.2 Å². The topological polar surface area (TPSA) is 118 Å². The number of carbonyl (C=O) groups excluding carboxylic acids is 1. The number of hydrogen-bond acceptors (Lipinski definition) is 9. The Morgan fingerprint density at radius 2 is 2.00 bits per heavy atom. The molecule has 2 N–H and O–H groups in total. The summed E-state index contributed by atoms with van der Waals surface area (Å²) in [7, 11) is -2.28. The average Bonchev–Trinajstić information content (AvgIpc) is 2.73. The van der Waals surface area contributed by atoms with Crippen molar-refractivity contribution in [2.75, 3.05) is 25.8 Å². The zero-order valence-electron chi connectivity index (χ0n) is 18.1. The second-order valence-corrected chi connectivity index (χ2v) is 8.66. The van der Waals surface area contributed by atoms with Crippen LogP contribution in [0.1, 0.15) is 18.9 Å². The van der Waals surface area contributed by atoms with Gasteiger partial charge in [-0.3, -0.25) is 10.2 Å². The summed E-state index contributed by atoms with van der Waals surface area (Å²) in [6, 6.07) is 5.66. The van der Waals surface area contributed by atoms with Crippen LogP contribution in [-0.2, 0) is 24.1 Å². The number of esters is 1. The van der Waals surface area contributed by atoms with Gasteiger partial charge in [0, 0.05) is 11.8 Å². The monoisotopic (exact) mass is 507 g/mol. The summed E-state index contributed by atoms with van der Waals surface area (Å²) >= 11 is 3.74. The molecule has 0 amide bonds. The molecule has 0 aliphatic carbocycles. The van der Waals surface area contributed by atoms with Crippen LogP contribution in [0, 0.1) is 5.41 Å². The highest BCUT2D eigenvalue weighted by molar-refractivity contribution is 7.90. The Hall–Kier alpha value is -2.80. The summed E-state index contributed by atoms with van der Waals surface area (Å²) < 4.78 is 72.6. The second kappa shape index (κ2) is 12.4. The smallest absolute Gasteiger partial charge is 0.432 e. The summed E-state index contributed by atoms with van der Waals surface area (Å²) in [4.78, 5) is 15.9. The van der Waals surface area contributed by atoms with E-state index in [0.717, 1.165) is 6.26 Å². The quantitative estimate of drug-likeness (QED) is 0.112. The molecule has 0 bridgehead atoms. The largest absolute Gasteiger partial charge is 0.481 e. The summed E-state index contributed by atoms with van der Waals surface area (Å²) in [5.41, 5.74) is -1.78. The maximum Gasteiger partial charge on any atom is 0.432 e. The third-order valence-corrected chi connectivity index (χ3v) is 5.08. The highest BCUT2D eigenvalue weighted by Gasteiger charge is 2.33. The molecule has 0 spiro atoms. The first-order valence-corrected chi connectivity index (χ1v) is 11.9. The lowest BCUT2D eigenvalue weighted by Crippen LogP contribution is -2.28. The van der Waals surface area contributed by atoms with E-state index < -0.39 is 34.2 Å². The predicted octanol–water partition coefficient (Wildman–Crippen LogP) is 3.26. The van der Waals surface area contributed by atoms with Crippen molar-refractivity contribution in [1.82, 2.24) is 5.32 Å². The van der Waals surface area contributed by atoms with Crippen molar-refractivity contribution < 1.29 is 35.9 Å². The van der Waals surface area contributed by atoms with Crippen LogP contribution in [0.25, 0.3) is 0 Å². The van der Waals surface area contributed by atoms with Gasteiger partial charge in [0.05, 0.1) is 23.4 Å². The van der Waals surface area contributed by atoms with E-state index in [1.165, 1.54) is 37.5 Å². The second-order valence-electron chi connectivity index (χ2n) is 6.39. The minimum atomic E-state index is -4.94. The van der Waals surface area contributed by atoms with Crippen molar-refractivity contribution in [3.05, 3.63) is 53.4 Å². The van der Waals surface area contributed by atoms with E-state index in [2.05, 4.69) is 27.7 Å². The highest BCUT2D eigenvalue weighted by Crippen LogP contribution is 2.21. The molecule has 1 aromatic rings. The van der Waals surface area contributed by atoms with Gasteiger partial charge in [-0.15, -0.1) is 12.6 Å². The first-order chi connectivity index (χ1) is 15.3. The van der Waals surface area contributed by atoms with Gasteiger partial charge in [-0.25, -0.2) is 13.4 Å². The SMILES string of the molecule is CC/C=C(\N=C(/OC)c1cccc(S(C)(=O)=O)c1)C(=C/C(=N)C(F)(F)F)/NCC(=O)OCS. The van der Waals surface area contributed by atoms with E-state index in [-0.39, 0.29) is 33.7 Å². The van der Waals surface area contributed by atoms with Gasteiger partial charge in [0.25, 0.3) is 0 Å². The molecule has 0 heterocycles. The van der Waals surface area contributed by atoms with Gasteiger partial charge in [0.15, 0.2) is 9.84 Å². The van der Waals surface area contributed by atoms with Crippen LogP contribution in [0.2, 0.25) is 0 Å². The van der Waals surface area contributed by atoms with E-state index >= 15 is 0 Å². The van der Waals surface area contributed by atoms with E-state index in [1.54, 1.807) is 6.92 Å². The first kappa shape index (κ1) is 28.2. The standard InChI is InChI=1S/C20H24F3N3O5S2/c1-4-6-15(16(10-17(24)20(21,22)23)25-11-18(27)31-12-32)26-19(30-2)13-7-5-8-14(9-13)33(3,28)29/h5-10,24-25,32H,4,11-12H2,1-3H3/b15-6-,16-10-,24-17?,26-19-. The van der Waals surface area contributed by atoms with Crippen molar-refractivity contribution in [2.45, 2.75) is 24.4 Å². The van der Waals surface area contributed by atoms with Gasteiger partial charge in [-0.05, 0) is 30.7 Å². The lowest BCUT2D eigenvalue weighted by Gasteiger charge is -2.15. The van der Waals surface area contributed by atoms with Crippen LogP contribution < -0.4 is 5.32 Å². The van der Waals surface area contributed by atoms with E-state index in [0.29, 0.717) is 12.5 Å². The van der Waals surface area contributed by atoms with E-state index in [4.69, 9.17) is 10.1 Å². The number of methoxy groups -OCH3 is 1. The van der Waals surface area contributed by atoms with Crippen molar-refractivity contribution in [2.24, 2.45) is 4.99 Å². The molecule has 33 heavy (non-hydrogen) atoms. The summed E-state index contributed by atoms with van der Waals surface area (Å²) in [5, 5.41) is 9.80. The Morgan fingerprint density at radius 1 is 1.33 bits per heavy atom. The molecule has 1 aromatic carbocycles. The number of sulfone groups is 1. The fourth-order valence-electron chi connectivity index (χ4n) is 2.34. The summed E-state index contributed by atoms with van der Waals surface area (Å²) in [5.74, 6) is -1.11. The number of nitrogens with one attached hydrogen (secondary N) is 2. The fourth-order valence-corrected chi connectivity index (χ4v) is 3.15. The number of aliphatic imine (C=N–C) groups is 1. The van der Waals surface area contributed by atoms with Gasteiger partial charge in [0.2, 0.25) is 5.90 Å².